The number of thioether (sulfide) groups is 1. The third-order valence-electron chi connectivity index (χ3n) is 2.43. The van der Waals surface area contributed by atoms with E-state index in [-0.39, 0.29) is 11.4 Å². The Morgan fingerprint density at radius 1 is 1.33 bits per heavy atom. The van der Waals surface area contributed by atoms with Gasteiger partial charge in [-0.1, -0.05) is 17.7 Å². The molecule has 0 saturated carbocycles. The molecule has 0 heterocycles. The van der Waals surface area contributed by atoms with Gasteiger partial charge in [0, 0.05) is 12.3 Å². The van der Waals surface area contributed by atoms with Crippen molar-refractivity contribution in [1.29, 1.82) is 0 Å². The summed E-state index contributed by atoms with van der Waals surface area (Å²) in [6.07, 6.45) is 1.86. The lowest BCUT2D eigenvalue weighted by molar-refractivity contribution is 0.0908. The molecule has 0 aliphatic heterocycles. The summed E-state index contributed by atoms with van der Waals surface area (Å²) in [5.41, 5.74) is -0.0414. The molecule has 1 aromatic carbocycles. The lowest BCUT2D eigenvalue weighted by atomic mass is 10.1. The van der Waals surface area contributed by atoms with E-state index in [4.69, 9.17) is 0 Å². The zero-order valence-corrected chi connectivity index (χ0v) is 12.4. The smallest absolute Gasteiger partial charge is 0.240 e. The average Bonchev–Trinajstić information content (AvgIpc) is 2.27. The van der Waals surface area contributed by atoms with Crippen LogP contribution in [0.5, 0.6) is 0 Å². The maximum absolute atomic E-state index is 12.0. The highest BCUT2D eigenvalue weighted by Crippen LogP contribution is 2.13. The SMILES string of the molecule is CSCC(C)(O)CNS(=O)(=O)c1ccc(C)cc1. The van der Waals surface area contributed by atoms with Crippen LogP contribution in [0.2, 0.25) is 0 Å². The number of rotatable bonds is 6. The molecular formula is C12H19NO3S2. The fourth-order valence-electron chi connectivity index (χ4n) is 1.41. The second-order valence-corrected chi connectivity index (χ2v) is 7.20. The molecule has 1 aromatic rings. The highest BCUT2D eigenvalue weighted by Gasteiger charge is 2.23. The Bertz CT molecular complexity index is 481. The molecule has 0 aromatic heterocycles. The van der Waals surface area contributed by atoms with Crippen LogP contribution in [0.1, 0.15) is 12.5 Å². The van der Waals surface area contributed by atoms with Crippen molar-refractivity contribution < 1.29 is 13.5 Å². The summed E-state index contributed by atoms with van der Waals surface area (Å²) in [6, 6.07) is 6.60. The second-order valence-electron chi connectivity index (χ2n) is 4.57. The molecule has 0 aliphatic rings. The van der Waals surface area contributed by atoms with E-state index in [1.165, 1.54) is 11.8 Å². The molecule has 1 rings (SSSR count). The van der Waals surface area contributed by atoms with Crippen molar-refractivity contribution in [3.05, 3.63) is 29.8 Å². The zero-order valence-electron chi connectivity index (χ0n) is 10.8. The number of sulfonamides is 1. The van der Waals surface area contributed by atoms with E-state index in [9.17, 15) is 13.5 Å². The predicted octanol–water partition coefficient (Wildman–Crippen LogP) is 1.39. The number of aliphatic hydroxyl groups is 1. The summed E-state index contributed by atoms with van der Waals surface area (Å²) < 4.78 is 26.4. The molecule has 0 radical (unpaired) electrons. The molecule has 0 fully saturated rings. The van der Waals surface area contributed by atoms with Crippen LogP contribution in [0.25, 0.3) is 0 Å². The largest absolute Gasteiger partial charge is 0.388 e. The third-order valence-corrected chi connectivity index (χ3v) is 4.76. The molecular weight excluding hydrogens is 270 g/mol. The molecule has 1 unspecified atom stereocenters. The van der Waals surface area contributed by atoms with Gasteiger partial charge in [0.05, 0.1) is 10.5 Å². The van der Waals surface area contributed by atoms with Crippen LogP contribution in [0.3, 0.4) is 0 Å². The number of benzene rings is 1. The monoisotopic (exact) mass is 289 g/mol. The van der Waals surface area contributed by atoms with E-state index in [1.807, 2.05) is 13.2 Å². The Morgan fingerprint density at radius 2 is 1.89 bits per heavy atom. The van der Waals surface area contributed by atoms with Crippen LogP contribution in [-0.2, 0) is 10.0 Å². The summed E-state index contributed by atoms with van der Waals surface area (Å²) in [7, 11) is -3.55. The highest BCUT2D eigenvalue weighted by molar-refractivity contribution is 7.98. The standard InChI is InChI=1S/C12H19NO3S2/c1-10-4-6-11(7-5-10)18(15,16)13-8-12(2,14)9-17-3/h4-7,13-14H,8-9H2,1-3H3. The van der Waals surface area contributed by atoms with Crippen LogP contribution in [0.4, 0.5) is 0 Å². The lowest BCUT2D eigenvalue weighted by Crippen LogP contribution is -2.42. The lowest BCUT2D eigenvalue weighted by Gasteiger charge is -2.22. The van der Waals surface area contributed by atoms with E-state index in [1.54, 1.807) is 31.2 Å². The predicted molar refractivity (Wildman–Crippen MR) is 75.4 cm³/mol. The van der Waals surface area contributed by atoms with Gasteiger partial charge in [-0.3, -0.25) is 0 Å². The van der Waals surface area contributed by atoms with Crippen molar-refractivity contribution in [2.24, 2.45) is 0 Å². The molecule has 0 spiro atoms. The number of nitrogens with one attached hydrogen (secondary N) is 1. The van der Waals surface area contributed by atoms with Crippen molar-refractivity contribution in [3.63, 3.8) is 0 Å². The van der Waals surface area contributed by atoms with Gasteiger partial charge in [0.25, 0.3) is 0 Å². The molecule has 1 atom stereocenters. The van der Waals surface area contributed by atoms with Crippen LogP contribution in [0.15, 0.2) is 29.2 Å². The van der Waals surface area contributed by atoms with Crippen LogP contribution in [0, 0.1) is 6.92 Å². The zero-order chi connectivity index (χ0) is 13.8. The second kappa shape index (κ2) is 6.06. The summed E-state index contributed by atoms with van der Waals surface area (Å²) in [6.45, 7) is 3.51. The molecule has 2 N–H and O–H groups in total. The van der Waals surface area contributed by atoms with Crippen LogP contribution >= 0.6 is 11.8 Å². The van der Waals surface area contributed by atoms with Gasteiger partial charge in [0.2, 0.25) is 10.0 Å². The van der Waals surface area contributed by atoms with Crippen LogP contribution < -0.4 is 4.72 Å². The van der Waals surface area contributed by atoms with Gasteiger partial charge >= 0.3 is 0 Å². The Labute approximate surface area is 113 Å². The first kappa shape index (κ1) is 15.5. The quantitative estimate of drug-likeness (QED) is 0.830. The minimum absolute atomic E-state index is 0.00402. The fourth-order valence-corrected chi connectivity index (χ4v) is 3.30. The van der Waals surface area contributed by atoms with Gasteiger partial charge in [-0.05, 0) is 32.2 Å². The van der Waals surface area contributed by atoms with Gasteiger partial charge in [-0.15, -0.1) is 0 Å². The van der Waals surface area contributed by atoms with E-state index in [0.717, 1.165) is 5.56 Å². The topological polar surface area (TPSA) is 66.4 Å². The van der Waals surface area contributed by atoms with Crippen molar-refractivity contribution in [1.82, 2.24) is 4.72 Å². The Hall–Kier alpha value is -0.560. The van der Waals surface area contributed by atoms with E-state index < -0.39 is 15.6 Å². The van der Waals surface area contributed by atoms with E-state index >= 15 is 0 Å². The minimum Gasteiger partial charge on any atom is -0.388 e. The summed E-state index contributed by atoms with van der Waals surface area (Å²) in [4.78, 5) is 0.216. The maximum Gasteiger partial charge on any atom is 0.240 e. The minimum atomic E-state index is -3.55. The van der Waals surface area contributed by atoms with Gasteiger partial charge < -0.3 is 5.11 Å². The van der Waals surface area contributed by atoms with Gasteiger partial charge in [0.1, 0.15) is 0 Å². The molecule has 18 heavy (non-hydrogen) atoms. The summed E-state index contributed by atoms with van der Waals surface area (Å²) in [5.74, 6) is 0.476. The number of hydrogen-bond donors (Lipinski definition) is 2. The normalized spacial score (nSPS) is 15.3. The van der Waals surface area contributed by atoms with Gasteiger partial charge in [-0.25, -0.2) is 13.1 Å². The molecule has 0 aliphatic carbocycles. The maximum atomic E-state index is 12.0. The highest BCUT2D eigenvalue weighted by atomic mass is 32.2. The van der Waals surface area contributed by atoms with E-state index in [2.05, 4.69) is 4.72 Å². The van der Waals surface area contributed by atoms with E-state index in [0.29, 0.717) is 5.75 Å². The van der Waals surface area contributed by atoms with Gasteiger partial charge in [-0.2, -0.15) is 11.8 Å². The van der Waals surface area contributed by atoms with Gasteiger partial charge in [0.15, 0.2) is 0 Å². The molecule has 0 bridgehead atoms. The van der Waals surface area contributed by atoms with Crippen molar-refractivity contribution in [2.45, 2.75) is 24.3 Å². The Morgan fingerprint density at radius 3 is 2.39 bits per heavy atom. The Balaban J connectivity index is 2.74. The van der Waals surface area contributed by atoms with Crippen molar-refractivity contribution >= 4 is 21.8 Å². The van der Waals surface area contributed by atoms with Crippen molar-refractivity contribution in [3.8, 4) is 0 Å². The first-order valence-corrected chi connectivity index (χ1v) is 8.42. The van der Waals surface area contributed by atoms with Crippen LogP contribution in [-0.4, -0.2) is 37.7 Å². The first-order chi connectivity index (χ1) is 8.27. The van der Waals surface area contributed by atoms with Crippen molar-refractivity contribution in [2.75, 3.05) is 18.6 Å². The Kier molecular flexibility index (Phi) is 5.21. The summed E-state index contributed by atoms with van der Waals surface area (Å²) in [5, 5.41) is 9.92. The molecule has 0 saturated heterocycles. The molecule has 6 heteroatoms. The third kappa shape index (κ3) is 4.61. The number of hydrogen-bond acceptors (Lipinski definition) is 4. The molecule has 102 valence electrons. The molecule has 4 nitrogen and oxygen atoms in total. The molecule has 0 amide bonds. The average molecular weight is 289 g/mol. The summed E-state index contributed by atoms with van der Waals surface area (Å²) >= 11 is 1.47. The fraction of sp³-hybridized carbons (Fsp3) is 0.500. The number of aryl methyl sites for hydroxylation is 1. The first-order valence-electron chi connectivity index (χ1n) is 5.54.